The second kappa shape index (κ2) is 12.3. The van der Waals surface area contributed by atoms with E-state index < -0.39 is 53.1 Å². The zero-order chi connectivity index (χ0) is 32.7. The fraction of sp³-hybridized carbons (Fsp3) is 0.438. The number of cyclic esters (lactones) is 1. The Hall–Kier alpha value is -3.83. The van der Waals surface area contributed by atoms with E-state index in [-0.39, 0.29) is 36.6 Å². The van der Waals surface area contributed by atoms with Gasteiger partial charge in [0.1, 0.15) is 17.7 Å². The number of carbonyl (C=O) groups is 1. The molecule has 4 rings (SSSR count). The van der Waals surface area contributed by atoms with Crippen molar-refractivity contribution in [1.82, 2.24) is 9.88 Å². The van der Waals surface area contributed by atoms with Gasteiger partial charge >= 0.3 is 18.4 Å². The molecular formula is C32H33F7N2O3. The zero-order valence-corrected chi connectivity index (χ0v) is 25.0. The first kappa shape index (κ1) is 33.1. The molecule has 5 nitrogen and oxygen atoms in total. The van der Waals surface area contributed by atoms with Crippen molar-refractivity contribution in [2.24, 2.45) is 0 Å². The monoisotopic (exact) mass is 626 g/mol. The Kier molecular flexibility index (Phi) is 9.23. The molecule has 0 spiro atoms. The number of hydrogen-bond acceptors (Lipinski definition) is 4. The molecule has 0 aliphatic carbocycles. The van der Waals surface area contributed by atoms with Crippen molar-refractivity contribution in [2.75, 3.05) is 7.11 Å². The van der Waals surface area contributed by atoms with Gasteiger partial charge in [0.15, 0.2) is 0 Å². The molecule has 238 valence electrons. The van der Waals surface area contributed by atoms with Crippen LogP contribution in [0.4, 0.5) is 35.5 Å². The lowest BCUT2D eigenvalue weighted by atomic mass is 9.93. The van der Waals surface area contributed by atoms with Crippen LogP contribution in [0.2, 0.25) is 0 Å². The van der Waals surface area contributed by atoms with Gasteiger partial charge in [-0.25, -0.2) is 9.18 Å². The summed E-state index contributed by atoms with van der Waals surface area (Å²) < 4.78 is 106. The van der Waals surface area contributed by atoms with Gasteiger partial charge in [-0.15, -0.1) is 0 Å². The van der Waals surface area contributed by atoms with Crippen LogP contribution in [0.25, 0.3) is 11.1 Å². The second-order valence-electron chi connectivity index (χ2n) is 11.5. The standard InChI is InChI=1S/C32H33F7N2O3/c1-16(2)23-13-24(29(43-6)14-25(23)33)22-7-8-26(17(3)4)40-27(22)15-41-18(5)9-28(44-30(41)42)19-10-20(31(34,35)36)12-21(11-19)32(37,38)39/h7-8,10-14,16-18,28H,9,15H2,1-6H3/t18-,28-/m0/s1. The van der Waals surface area contributed by atoms with E-state index >= 15 is 0 Å². The van der Waals surface area contributed by atoms with Crippen molar-refractivity contribution in [3.63, 3.8) is 0 Å². The van der Waals surface area contributed by atoms with E-state index in [1.54, 1.807) is 13.0 Å². The van der Waals surface area contributed by atoms with Gasteiger partial charge in [-0.05, 0) is 60.2 Å². The first-order valence-corrected chi connectivity index (χ1v) is 14.0. The Balaban J connectivity index is 1.72. The van der Waals surface area contributed by atoms with Crippen LogP contribution >= 0.6 is 0 Å². The molecule has 0 saturated carbocycles. The highest BCUT2D eigenvalue weighted by atomic mass is 19.4. The van der Waals surface area contributed by atoms with E-state index in [0.717, 1.165) is 0 Å². The van der Waals surface area contributed by atoms with E-state index in [4.69, 9.17) is 14.5 Å². The number of aromatic nitrogens is 1. The summed E-state index contributed by atoms with van der Waals surface area (Å²) in [5.41, 5.74) is -0.635. The van der Waals surface area contributed by atoms with Crippen LogP contribution in [0.15, 0.2) is 42.5 Å². The van der Waals surface area contributed by atoms with Crippen LogP contribution in [-0.4, -0.2) is 29.1 Å². The van der Waals surface area contributed by atoms with Gasteiger partial charge in [-0.1, -0.05) is 33.8 Å². The highest BCUT2D eigenvalue weighted by molar-refractivity contribution is 5.75. The third-order valence-corrected chi connectivity index (χ3v) is 7.68. The highest BCUT2D eigenvalue weighted by Crippen LogP contribution is 2.41. The fourth-order valence-electron chi connectivity index (χ4n) is 5.20. The molecule has 1 aliphatic rings. The minimum atomic E-state index is -5.04. The number of benzene rings is 2. The minimum Gasteiger partial charge on any atom is -0.496 e. The maximum atomic E-state index is 14.8. The summed E-state index contributed by atoms with van der Waals surface area (Å²) in [5.74, 6) is -0.306. The van der Waals surface area contributed by atoms with E-state index in [1.165, 1.54) is 18.1 Å². The van der Waals surface area contributed by atoms with Crippen LogP contribution in [0.5, 0.6) is 5.75 Å². The van der Waals surface area contributed by atoms with Gasteiger partial charge < -0.3 is 9.47 Å². The molecule has 0 unspecified atom stereocenters. The van der Waals surface area contributed by atoms with Gasteiger partial charge in [0.05, 0.1) is 30.5 Å². The molecule has 0 N–H and O–H groups in total. The van der Waals surface area contributed by atoms with E-state index in [0.29, 0.717) is 40.2 Å². The molecule has 0 radical (unpaired) electrons. The molecule has 44 heavy (non-hydrogen) atoms. The Morgan fingerprint density at radius 2 is 1.55 bits per heavy atom. The molecule has 1 saturated heterocycles. The molecule has 2 atom stereocenters. The molecule has 2 heterocycles. The average Bonchev–Trinajstić information content (AvgIpc) is 2.93. The number of carbonyl (C=O) groups excluding carboxylic acids is 1. The second-order valence-corrected chi connectivity index (χ2v) is 11.5. The summed E-state index contributed by atoms with van der Waals surface area (Å²) in [6.07, 6.45) is -12.4. The molecular weight excluding hydrogens is 593 g/mol. The van der Waals surface area contributed by atoms with Gasteiger partial charge in [0, 0.05) is 35.3 Å². The predicted octanol–water partition coefficient (Wildman–Crippen LogP) is 9.65. The number of halogens is 7. The first-order valence-electron chi connectivity index (χ1n) is 14.0. The highest BCUT2D eigenvalue weighted by Gasteiger charge is 2.40. The summed E-state index contributed by atoms with van der Waals surface area (Å²) in [7, 11) is 1.41. The third-order valence-electron chi connectivity index (χ3n) is 7.68. The fourth-order valence-corrected chi connectivity index (χ4v) is 5.20. The van der Waals surface area contributed by atoms with Crippen molar-refractivity contribution in [3.05, 3.63) is 81.9 Å². The quantitative estimate of drug-likeness (QED) is 0.245. The van der Waals surface area contributed by atoms with Crippen molar-refractivity contribution < 1.29 is 45.0 Å². The van der Waals surface area contributed by atoms with E-state index in [2.05, 4.69) is 0 Å². The Morgan fingerprint density at radius 3 is 2.05 bits per heavy atom. The molecule has 0 bridgehead atoms. The lowest BCUT2D eigenvalue weighted by molar-refractivity contribution is -0.143. The topological polar surface area (TPSA) is 51.7 Å². The molecule has 12 heteroatoms. The molecule has 3 aromatic rings. The number of methoxy groups -OCH3 is 1. The van der Waals surface area contributed by atoms with Gasteiger partial charge in [-0.2, -0.15) is 26.3 Å². The SMILES string of the molecule is COc1cc(F)c(C(C)C)cc1-c1ccc(C(C)C)nc1CN1C(=O)O[C@H](c2cc(C(F)(F)F)cc(C(F)(F)F)c2)C[C@@H]1C. The summed E-state index contributed by atoms with van der Waals surface area (Å²) in [6, 6.07) is 7.13. The predicted molar refractivity (Wildman–Crippen MR) is 150 cm³/mol. The number of hydrogen-bond donors (Lipinski definition) is 0. The van der Waals surface area contributed by atoms with Gasteiger partial charge in [-0.3, -0.25) is 9.88 Å². The number of pyridine rings is 1. The van der Waals surface area contributed by atoms with E-state index in [1.807, 2.05) is 39.8 Å². The van der Waals surface area contributed by atoms with Crippen LogP contribution in [0.3, 0.4) is 0 Å². The van der Waals surface area contributed by atoms with Crippen LogP contribution in [0.1, 0.15) is 92.6 Å². The smallest absolute Gasteiger partial charge is 0.416 e. The van der Waals surface area contributed by atoms with Crippen LogP contribution < -0.4 is 4.74 Å². The maximum absolute atomic E-state index is 14.8. The minimum absolute atomic E-state index is 0.0167. The summed E-state index contributed by atoms with van der Waals surface area (Å²) >= 11 is 0. The summed E-state index contributed by atoms with van der Waals surface area (Å²) in [4.78, 5) is 19.4. The molecule has 1 aromatic heterocycles. The van der Waals surface area contributed by atoms with Crippen molar-refractivity contribution in [2.45, 2.75) is 83.9 Å². The lowest BCUT2D eigenvalue weighted by Crippen LogP contribution is -2.44. The van der Waals surface area contributed by atoms with Crippen molar-refractivity contribution >= 4 is 6.09 Å². The average molecular weight is 627 g/mol. The number of rotatable bonds is 7. The van der Waals surface area contributed by atoms with Crippen molar-refractivity contribution in [1.29, 1.82) is 0 Å². The van der Waals surface area contributed by atoms with Crippen molar-refractivity contribution in [3.8, 4) is 16.9 Å². The number of amides is 1. The third kappa shape index (κ3) is 6.94. The Labute approximate surface area is 251 Å². The van der Waals surface area contributed by atoms with Gasteiger partial charge in [0.2, 0.25) is 0 Å². The van der Waals surface area contributed by atoms with Crippen LogP contribution in [0, 0.1) is 5.82 Å². The zero-order valence-electron chi connectivity index (χ0n) is 25.0. The largest absolute Gasteiger partial charge is 0.496 e. The molecule has 2 aromatic carbocycles. The number of ether oxygens (including phenoxy) is 2. The van der Waals surface area contributed by atoms with Gasteiger partial charge in [0.25, 0.3) is 0 Å². The number of nitrogens with zero attached hydrogens (tertiary/aromatic N) is 2. The summed E-state index contributed by atoms with van der Waals surface area (Å²) in [6.45, 7) is 9.12. The first-order chi connectivity index (χ1) is 20.4. The van der Waals surface area contributed by atoms with Crippen LogP contribution in [-0.2, 0) is 23.6 Å². The maximum Gasteiger partial charge on any atom is 0.416 e. The lowest BCUT2D eigenvalue weighted by Gasteiger charge is -2.37. The molecule has 1 aliphatic heterocycles. The molecule has 1 fully saturated rings. The molecule has 1 amide bonds. The Morgan fingerprint density at radius 1 is 0.932 bits per heavy atom. The normalized spacial score (nSPS) is 17.8. The van der Waals surface area contributed by atoms with E-state index in [9.17, 15) is 35.5 Å². The number of alkyl halides is 6. The summed E-state index contributed by atoms with van der Waals surface area (Å²) in [5, 5.41) is 0. The Bertz CT molecular complexity index is 1500.